The number of carbonyl (C=O) groups excluding carboxylic acids is 1. The monoisotopic (exact) mass is 314 g/mol. The molecule has 8 heteroatoms. The second-order valence-electron chi connectivity index (χ2n) is 6.00. The summed E-state index contributed by atoms with van der Waals surface area (Å²) in [5.74, 6) is -0.859. The summed E-state index contributed by atoms with van der Waals surface area (Å²) in [6, 6.07) is -1.85. The highest BCUT2D eigenvalue weighted by molar-refractivity contribution is 7.94. The number of rotatable bonds is 2. The van der Waals surface area contributed by atoms with Crippen molar-refractivity contribution in [3.63, 3.8) is 0 Å². The molecule has 7 nitrogen and oxygen atoms in total. The van der Waals surface area contributed by atoms with Crippen LogP contribution in [0.1, 0.15) is 19.3 Å². The molecule has 2 aliphatic heterocycles. The van der Waals surface area contributed by atoms with Crippen molar-refractivity contribution < 1.29 is 23.1 Å². The fraction of sp³-hybridized carbons (Fsp3) is 0.692. The number of carbonyl (C=O) groups is 2. The van der Waals surface area contributed by atoms with Gasteiger partial charge in [-0.15, -0.1) is 0 Å². The highest BCUT2D eigenvalue weighted by Gasteiger charge is 2.49. The standard InChI is InChI=1S/C13H18N2O5S/c16-12(17)11-10-3-1-2-8(10)6-15(11)13(18)14-9-4-5-21(19,20)7-9/h4-5,8-11H,1-3,6-7H2,(H,14,18)(H,16,17). The van der Waals surface area contributed by atoms with Gasteiger partial charge >= 0.3 is 12.0 Å². The maximum Gasteiger partial charge on any atom is 0.326 e. The molecule has 4 unspecified atom stereocenters. The molecule has 0 spiro atoms. The Morgan fingerprint density at radius 1 is 1.29 bits per heavy atom. The predicted molar refractivity (Wildman–Crippen MR) is 74.2 cm³/mol. The summed E-state index contributed by atoms with van der Waals surface area (Å²) >= 11 is 0. The zero-order chi connectivity index (χ0) is 15.2. The van der Waals surface area contributed by atoms with Crippen LogP contribution in [0.25, 0.3) is 0 Å². The number of hydrogen-bond acceptors (Lipinski definition) is 4. The Labute approximate surface area is 122 Å². The number of nitrogens with zero attached hydrogens (tertiary/aromatic N) is 1. The summed E-state index contributed by atoms with van der Waals surface area (Å²) in [7, 11) is -3.24. The summed E-state index contributed by atoms with van der Waals surface area (Å²) in [5.41, 5.74) is 0. The van der Waals surface area contributed by atoms with Crippen molar-refractivity contribution in [2.75, 3.05) is 12.3 Å². The number of aliphatic carboxylic acids is 1. The second kappa shape index (κ2) is 5.01. The first kappa shape index (κ1) is 14.4. The molecule has 1 saturated heterocycles. The molecule has 0 aromatic rings. The highest BCUT2D eigenvalue weighted by atomic mass is 32.2. The van der Waals surface area contributed by atoms with E-state index in [1.807, 2.05) is 0 Å². The van der Waals surface area contributed by atoms with Gasteiger partial charge in [-0.05, 0) is 30.8 Å². The quantitative estimate of drug-likeness (QED) is 0.757. The molecule has 0 aromatic carbocycles. The van der Waals surface area contributed by atoms with Gasteiger partial charge in [0.25, 0.3) is 0 Å². The highest BCUT2D eigenvalue weighted by Crippen LogP contribution is 2.42. The molecule has 3 rings (SSSR count). The van der Waals surface area contributed by atoms with Crippen molar-refractivity contribution in [3.05, 3.63) is 11.5 Å². The van der Waals surface area contributed by atoms with E-state index in [0.717, 1.165) is 24.7 Å². The van der Waals surface area contributed by atoms with Gasteiger partial charge in [-0.2, -0.15) is 0 Å². The lowest BCUT2D eigenvalue weighted by Gasteiger charge is -2.25. The Morgan fingerprint density at radius 3 is 2.67 bits per heavy atom. The number of amides is 2. The van der Waals surface area contributed by atoms with E-state index >= 15 is 0 Å². The van der Waals surface area contributed by atoms with Crippen molar-refractivity contribution in [1.29, 1.82) is 0 Å². The lowest BCUT2D eigenvalue weighted by atomic mass is 9.94. The Kier molecular flexibility index (Phi) is 3.43. The number of likely N-dealkylation sites (tertiary alicyclic amines) is 1. The Balaban J connectivity index is 1.70. The number of carboxylic acids is 1. The fourth-order valence-electron chi connectivity index (χ4n) is 3.74. The maximum atomic E-state index is 12.3. The van der Waals surface area contributed by atoms with E-state index in [4.69, 9.17) is 0 Å². The van der Waals surface area contributed by atoms with Crippen LogP contribution in [0, 0.1) is 11.8 Å². The lowest BCUT2D eigenvalue weighted by Crippen LogP contribution is -2.50. The zero-order valence-corrected chi connectivity index (χ0v) is 12.3. The average molecular weight is 314 g/mol. The van der Waals surface area contributed by atoms with E-state index in [2.05, 4.69) is 5.32 Å². The number of fused-ring (bicyclic) bond motifs is 1. The van der Waals surface area contributed by atoms with E-state index in [9.17, 15) is 23.1 Å². The van der Waals surface area contributed by atoms with Crippen molar-refractivity contribution in [3.8, 4) is 0 Å². The van der Waals surface area contributed by atoms with E-state index in [0.29, 0.717) is 6.54 Å². The molecule has 1 aliphatic carbocycles. The first-order valence-corrected chi connectivity index (χ1v) is 8.80. The van der Waals surface area contributed by atoms with Crippen LogP contribution in [0.2, 0.25) is 0 Å². The van der Waals surface area contributed by atoms with E-state index in [1.54, 1.807) is 0 Å². The largest absolute Gasteiger partial charge is 0.480 e. The number of sulfone groups is 1. The summed E-state index contributed by atoms with van der Waals surface area (Å²) in [6.07, 6.45) is 4.23. The Hall–Kier alpha value is -1.57. The Bertz CT molecular complexity index is 600. The third-order valence-corrected chi connectivity index (χ3v) is 6.04. The van der Waals surface area contributed by atoms with Crippen LogP contribution in [0.3, 0.4) is 0 Å². The van der Waals surface area contributed by atoms with Crippen molar-refractivity contribution in [1.82, 2.24) is 10.2 Å². The van der Waals surface area contributed by atoms with Crippen LogP contribution < -0.4 is 5.32 Å². The van der Waals surface area contributed by atoms with Gasteiger partial charge in [0.05, 0.1) is 11.8 Å². The minimum absolute atomic E-state index is 0.0242. The van der Waals surface area contributed by atoms with Crippen molar-refractivity contribution in [2.24, 2.45) is 11.8 Å². The fourth-order valence-corrected chi connectivity index (χ4v) is 4.97. The first-order chi connectivity index (χ1) is 9.87. The summed E-state index contributed by atoms with van der Waals surface area (Å²) < 4.78 is 22.7. The predicted octanol–water partition coefficient (Wildman–Crippen LogP) is 0.192. The van der Waals surface area contributed by atoms with Crippen LogP contribution in [-0.4, -0.2) is 54.8 Å². The molecule has 0 bridgehead atoms. The van der Waals surface area contributed by atoms with Gasteiger partial charge in [0.2, 0.25) is 0 Å². The normalized spacial score (nSPS) is 36.7. The minimum Gasteiger partial charge on any atom is -0.480 e. The van der Waals surface area contributed by atoms with Gasteiger partial charge in [-0.3, -0.25) is 0 Å². The van der Waals surface area contributed by atoms with Gasteiger partial charge < -0.3 is 15.3 Å². The van der Waals surface area contributed by atoms with E-state index in [-0.39, 0.29) is 17.6 Å². The summed E-state index contributed by atoms with van der Waals surface area (Å²) in [6.45, 7) is 0.441. The number of urea groups is 1. The average Bonchev–Trinajstić information content (AvgIpc) is 3.01. The molecule has 1 saturated carbocycles. The molecule has 2 fully saturated rings. The molecule has 0 radical (unpaired) electrons. The molecule has 3 aliphatic rings. The molecule has 2 N–H and O–H groups in total. The summed E-state index contributed by atoms with van der Waals surface area (Å²) in [4.78, 5) is 25.1. The SMILES string of the molecule is O=C(O)C1C2CCCC2CN1C(=O)NC1C=CS(=O)(=O)C1. The molecule has 21 heavy (non-hydrogen) atoms. The molecular formula is C13H18N2O5S. The van der Waals surface area contributed by atoms with Gasteiger partial charge in [-0.1, -0.05) is 6.42 Å². The van der Waals surface area contributed by atoms with Crippen LogP contribution in [0.4, 0.5) is 4.79 Å². The molecule has 4 atom stereocenters. The molecule has 0 aromatic heterocycles. The minimum atomic E-state index is -3.24. The van der Waals surface area contributed by atoms with Crippen LogP contribution in [0.5, 0.6) is 0 Å². The van der Waals surface area contributed by atoms with Gasteiger partial charge in [0, 0.05) is 12.0 Å². The molecule has 2 heterocycles. The second-order valence-corrected chi connectivity index (χ2v) is 7.94. The van der Waals surface area contributed by atoms with Gasteiger partial charge in [0.15, 0.2) is 9.84 Å². The van der Waals surface area contributed by atoms with Gasteiger partial charge in [-0.25, -0.2) is 18.0 Å². The third kappa shape index (κ3) is 2.64. The summed E-state index contributed by atoms with van der Waals surface area (Å²) in [5, 5.41) is 13.1. The number of nitrogens with one attached hydrogen (secondary N) is 1. The van der Waals surface area contributed by atoms with Crippen molar-refractivity contribution in [2.45, 2.75) is 31.3 Å². The lowest BCUT2D eigenvalue weighted by molar-refractivity contribution is -0.142. The zero-order valence-electron chi connectivity index (χ0n) is 11.4. The molecule has 116 valence electrons. The van der Waals surface area contributed by atoms with Crippen molar-refractivity contribution >= 4 is 21.8 Å². The number of carboxylic acid groups (broad SMARTS) is 1. The smallest absolute Gasteiger partial charge is 0.326 e. The molecular weight excluding hydrogens is 296 g/mol. The molecule has 2 amide bonds. The third-order valence-electron chi connectivity index (χ3n) is 4.64. The van der Waals surface area contributed by atoms with Crippen LogP contribution in [-0.2, 0) is 14.6 Å². The van der Waals surface area contributed by atoms with E-state index < -0.39 is 33.9 Å². The Morgan fingerprint density at radius 2 is 2.05 bits per heavy atom. The number of hydrogen-bond donors (Lipinski definition) is 2. The van der Waals surface area contributed by atoms with E-state index in [1.165, 1.54) is 11.0 Å². The first-order valence-electron chi connectivity index (χ1n) is 7.08. The van der Waals surface area contributed by atoms with Gasteiger partial charge in [0.1, 0.15) is 6.04 Å². The topological polar surface area (TPSA) is 104 Å². The van der Waals surface area contributed by atoms with Crippen LogP contribution in [0.15, 0.2) is 11.5 Å². The maximum absolute atomic E-state index is 12.3. The van der Waals surface area contributed by atoms with Crippen LogP contribution >= 0.6 is 0 Å².